The van der Waals surface area contributed by atoms with Crippen LogP contribution in [-0.4, -0.2) is 38.1 Å². The van der Waals surface area contributed by atoms with Crippen molar-refractivity contribution in [3.05, 3.63) is 84.4 Å². The summed E-state index contributed by atoms with van der Waals surface area (Å²) < 4.78 is 11.4. The molecule has 178 valence electrons. The largest absolute Gasteiger partial charge is 0.490 e. The van der Waals surface area contributed by atoms with Gasteiger partial charge in [-0.25, -0.2) is 0 Å². The second-order valence-corrected chi connectivity index (χ2v) is 7.59. The predicted molar refractivity (Wildman–Crippen MR) is 135 cm³/mol. The summed E-state index contributed by atoms with van der Waals surface area (Å²) in [6.07, 6.45) is 1.99. The lowest BCUT2D eigenvalue weighted by Gasteiger charge is -2.13. The average molecular weight is 462 g/mol. The topological polar surface area (TPSA) is 88.7 Å². The molecule has 3 rings (SSSR count). The number of anilines is 2. The molecule has 34 heavy (non-hydrogen) atoms. The van der Waals surface area contributed by atoms with Crippen LogP contribution in [0.25, 0.3) is 0 Å². The number of hydrogen-bond acceptors (Lipinski definition) is 5. The molecular weight excluding hydrogens is 430 g/mol. The van der Waals surface area contributed by atoms with Crippen LogP contribution in [0.4, 0.5) is 11.4 Å². The fraction of sp³-hybridized carbons (Fsp3) is 0.259. The first-order valence-corrected chi connectivity index (χ1v) is 11.5. The Balaban J connectivity index is 1.43. The lowest BCUT2D eigenvalue weighted by Crippen LogP contribution is -2.24. The molecule has 0 atom stereocenters. The van der Waals surface area contributed by atoms with Gasteiger partial charge in [-0.05, 0) is 55.0 Å². The van der Waals surface area contributed by atoms with Crippen LogP contribution in [0, 0.1) is 0 Å². The Bertz CT molecular complexity index is 1040. The van der Waals surface area contributed by atoms with Crippen molar-refractivity contribution in [3.8, 4) is 11.5 Å². The third kappa shape index (κ3) is 8.16. The van der Waals surface area contributed by atoms with Gasteiger partial charge in [-0.3, -0.25) is 9.59 Å². The highest BCUT2D eigenvalue weighted by atomic mass is 16.5. The maximum Gasteiger partial charge on any atom is 0.251 e. The zero-order valence-corrected chi connectivity index (χ0v) is 19.4. The first-order valence-electron chi connectivity index (χ1n) is 11.5. The first-order chi connectivity index (χ1) is 16.7. The lowest BCUT2D eigenvalue weighted by atomic mass is 10.2. The monoisotopic (exact) mass is 461 g/mol. The molecule has 0 aliphatic carbocycles. The zero-order valence-electron chi connectivity index (χ0n) is 19.4. The van der Waals surface area contributed by atoms with E-state index in [1.807, 2.05) is 42.5 Å². The number of carbonyl (C=O) groups excluding carboxylic acids is 2. The van der Waals surface area contributed by atoms with Crippen LogP contribution in [0.1, 0.15) is 30.1 Å². The molecule has 0 heterocycles. The highest BCUT2D eigenvalue weighted by molar-refractivity contribution is 5.96. The highest BCUT2D eigenvalue weighted by Gasteiger charge is 2.09. The van der Waals surface area contributed by atoms with E-state index in [9.17, 15) is 9.59 Å². The molecule has 7 heteroatoms. The van der Waals surface area contributed by atoms with Gasteiger partial charge >= 0.3 is 0 Å². The molecule has 0 aromatic heterocycles. The number of carbonyl (C=O) groups is 2. The standard InChI is InChI=1S/C27H31N3O4/c1-2-3-17-28-27(32)21-13-15-22(16-14-21)29-20-26(31)30-24-11-7-8-12-25(24)34-19-18-33-23-9-5-4-6-10-23/h4-16,29H,2-3,17-20H2,1H3,(H,28,32)(H,30,31). The molecule has 0 radical (unpaired) electrons. The zero-order chi connectivity index (χ0) is 24.0. The van der Waals surface area contributed by atoms with Crippen molar-refractivity contribution < 1.29 is 19.1 Å². The fourth-order valence-corrected chi connectivity index (χ4v) is 3.12. The number of para-hydroxylation sites is 3. The van der Waals surface area contributed by atoms with Crippen molar-refractivity contribution in [2.24, 2.45) is 0 Å². The molecular formula is C27H31N3O4. The Morgan fingerprint density at radius 1 is 0.824 bits per heavy atom. The Morgan fingerprint density at radius 2 is 1.53 bits per heavy atom. The van der Waals surface area contributed by atoms with Crippen LogP contribution < -0.4 is 25.4 Å². The normalized spacial score (nSPS) is 10.3. The summed E-state index contributed by atoms with van der Waals surface area (Å²) in [5.74, 6) is 1.05. The Hall–Kier alpha value is -4.00. The molecule has 0 fully saturated rings. The molecule has 3 N–H and O–H groups in total. The van der Waals surface area contributed by atoms with Gasteiger partial charge in [0, 0.05) is 17.8 Å². The van der Waals surface area contributed by atoms with E-state index in [2.05, 4.69) is 22.9 Å². The van der Waals surface area contributed by atoms with Crippen molar-refractivity contribution in [1.29, 1.82) is 0 Å². The maximum atomic E-state index is 12.5. The summed E-state index contributed by atoms with van der Waals surface area (Å²) in [4.78, 5) is 24.5. The molecule has 0 saturated carbocycles. The summed E-state index contributed by atoms with van der Waals surface area (Å²) in [5.41, 5.74) is 1.93. The van der Waals surface area contributed by atoms with Gasteiger partial charge in [0.2, 0.25) is 5.91 Å². The Morgan fingerprint density at radius 3 is 2.29 bits per heavy atom. The van der Waals surface area contributed by atoms with Gasteiger partial charge in [0.1, 0.15) is 24.7 Å². The molecule has 0 spiro atoms. The minimum absolute atomic E-state index is 0.0769. The molecule has 7 nitrogen and oxygen atoms in total. The van der Waals surface area contributed by atoms with Crippen LogP contribution in [-0.2, 0) is 4.79 Å². The van der Waals surface area contributed by atoms with E-state index < -0.39 is 0 Å². The van der Waals surface area contributed by atoms with Crippen LogP contribution in [0.5, 0.6) is 11.5 Å². The number of nitrogens with one attached hydrogen (secondary N) is 3. The van der Waals surface area contributed by atoms with Gasteiger partial charge in [-0.15, -0.1) is 0 Å². The number of unbranched alkanes of at least 4 members (excludes halogenated alkanes) is 1. The van der Waals surface area contributed by atoms with Crippen molar-refractivity contribution in [2.45, 2.75) is 19.8 Å². The number of hydrogen-bond donors (Lipinski definition) is 3. The minimum Gasteiger partial charge on any atom is -0.490 e. The van der Waals surface area contributed by atoms with Crippen molar-refractivity contribution in [2.75, 3.05) is 36.9 Å². The van der Waals surface area contributed by atoms with Gasteiger partial charge in [0.05, 0.1) is 12.2 Å². The Labute approximate surface area is 200 Å². The van der Waals surface area contributed by atoms with Crippen LogP contribution >= 0.6 is 0 Å². The van der Waals surface area contributed by atoms with E-state index >= 15 is 0 Å². The Kier molecular flexibility index (Phi) is 9.80. The van der Waals surface area contributed by atoms with E-state index in [0.29, 0.717) is 36.8 Å². The second kappa shape index (κ2) is 13.5. The number of ether oxygens (including phenoxy) is 2. The number of benzene rings is 3. The van der Waals surface area contributed by atoms with Crippen LogP contribution in [0.3, 0.4) is 0 Å². The van der Waals surface area contributed by atoms with Gasteiger partial charge in [-0.1, -0.05) is 43.7 Å². The summed E-state index contributed by atoms with van der Waals surface area (Å²) in [7, 11) is 0. The van der Waals surface area contributed by atoms with Crippen molar-refractivity contribution in [3.63, 3.8) is 0 Å². The summed E-state index contributed by atoms with van der Waals surface area (Å²) in [5, 5.41) is 8.82. The van der Waals surface area contributed by atoms with E-state index in [4.69, 9.17) is 9.47 Å². The molecule has 0 aliphatic rings. The van der Waals surface area contributed by atoms with E-state index in [-0.39, 0.29) is 18.4 Å². The van der Waals surface area contributed by atoms with E-state index in [0.717, 1.165) is 24.3 Å². The summed E-state index contributed by atoms with van der Waals surface area (Å²) in [6, 6.07) is 23.8. The maximum absolute atomic E-state index is 12.5. The number of amides is 2. The van der Waals surface area contributed by atoms with Crippen LogP contribution in [0.15, 0.2) is 78.9 Å². The first kappa shape index (κ1) is 24.6. The fourth-order valence-electron chi connectivity index (χ4n) is 3.12. The van der Waals surface area contributed by atoms with Gasteiger partial charge in [0.25, 0.3) is 5.91 Å². The molecule has 0 saturated heterocycles. The quantitative estimate of drug-likeness (QED) is 0.321. The molecule has 3 aromatic carbocycles. The van der Waals surface area contributed by atoms with E-state index in [1.165, 1.54) is 0 Å². The van der Waals surface area contributed by atoms with Crippen molar-refractivity contribution >= 4 is 23.2 Å². The lowest BCUT2D eigenvalue weighted by molar-refractivity contribution is -0.114. The summed E-state index contributed by atoms with van der Waals surface area (Å²) >= 11 is 0. The molecule has 3 aromatic rings. The molecule has 0 unspecified atom stereocenters. The van der Waals surface area contributed by atoms with Gasteiger partial charge in [0.15, 0.2) is 0 Å². The molecule has 0 aliphatic heterocycles. The second-order valence-electron chi connectivity index (χ2n) is 7.59. The molecule has 2 amide bonds. The third-order valence-corrected chi connectivity index (χ3v) is 4.93. The molecule has 0 bridgehead atoms. The SMILES string of the molecule is CCCCNC(=O)c1ccc(NCC(=O)Nc2ccccc2OCCOc2ccccc2)cc1. The smallest absolute Gasteiger partial charge is 0.251 e. The van der Waals surface area contributed by atoms with E-state index in [1.54, 1.807) is 36.4 Å². The average Bonchev–Trinajstić information content (AvgIpc) is 2.87. The third-order valence-electron chi connectivity index (χ3n) is 4.93. The van der Waals surface area contributed by atoms with Crippen LogP contribution in [0.2, 0.25) is 0 Å². The van der Waals surface area contributed by atoms with Gasteiger partial charge in [-0.2, -0.15) is 0 Å². The number of rotatable bonds is 13. The summed E-state index contributed by atoms with van der Waals surface area (Å²) in [6.45, 7) is 3.56. The highest BCUT2D eigenvalue weighted by Crippen LogP contribution is 2.23. The predicted octanol–water partition coefficient (Wildman–Crippen LogP) is 4.72. The van der Waals surface area contributed by atoms with Crippen molar-refractivity contribution in [1.82, 2.24) is 5.32 Å². The van der Waals surface area contributed by atoms with Gasteiger partial charge < -0.3 is 25.4 Å². The minimum atomic E-state index is -0.210.